The summed E-state index contributed by atoms with van der Waals surface area (Å²) in [6.07, 6.45) is 0.603. The minimum absolute atomic E-state index is 0.262. The number of hydrogen-bond donors (Lipinski definition) is 2. The summed E-state index contributed by atoms with van der Waals surface area (Å²) in [5, 5.41) is 0.374. The number of hydrogen-bond acceptors (Lipinski definition) is 3. The molecular formula is C10H14ClFN2O. The van der Waals surface area contributed by atoms with Gasteiger partial charge in [0, 0.05) is 24.3 Å². The number of nitrogens with two attached hydrogens (primary N) is 1. The summed E-state index contributed by atoms with van der Waals surface area (Å²) in [7, 11) is 1.59. The molecule has 1 atom stereocenters. The maximum Gasteiger partial charge on any atom is 0.129 e. The Morgan fingerprint density at radius 1 is 1.60 bits per heavy atom. The number of hydrazine groups is 1. The third-order valence-corrected chi connectivity index (χ3v) is 2.38. The lowest BCUT2D eigenvalue weighted by atomic mass is 10.0. The van der Waals surface area contributed by atoms with Crippen molar-refractivity contribution >= 4 is 11.6 Å². The average molecular weight is 233 g/mol. The van der Waals surface area contributed by atoms with Crippen LogP contribution in [0.5, 0.6) is 0 Å². The van der Waals surface area contributed by atoms with E-state index in [9.17, 15) is 4.39 Å². The lowest BCUT2D eigenvalue weighted by Crippen LogP contribution is -2.29. The molecule has 3 N–H and O–H groups in total. The Labute approximate surface area is 93.3 Å². The molecular weight excluding hydrogens is 219 g/mol. The van der Waals surface area contributed by atoms with Crippen LogP contribution >= 0.6 is 11.6 Å². The van der Waals surface area contributed by atoms with Crippen LogP contribution in [-0.2, 0) is 4.74 Å². The van der Waals surface area contributed by atoms with Crippen LogP contribution in [0.4, 0.5) is 4.39 Å². The van der Waals surface area contributed by atoms with E-state index < -0.39 is 0 Å². The number of halogens is 2. The monoisotopic (exact) mass is 232 g/mol. The number of nitrogens with one attached hydrogen (secondary N) is 1. The molecule has 15 heavy (non-hydrogen) atoms. The second kappa shape index (κ2) is 6.02. The highest BCUT2D eigenvalue weighted by Gasteiger charge is 2.14. The Balaban J connectivity index is 2.81. The van der Waals surface area contributed by atoms with Crippen molar-refractivity contribution in [1.82, 2.24) is 5.43 Å². The topological polar surface area (TPSA) is 47.3 Å². The van der Waals surface area contributed by atoms with E-state index in [0.29, 0.717) is 23.6 Å². The van der Waals surface area contributed by atoms with Crippen LogP contribution in [0, 0.1) is 5.82 Å². The molecule has 0 saturated carbocycles. The normalized spacial score (nSPS) is 12.8. The minimum Gasteiger partial charge on any atom is -0.385 e. The van der Waals surface area contributed by atoms with E-state index in [1.54, 1.807) is 19.2 Å². The molecule has 0 radical (unpaired) electrons. The molecule has 1 aromatic rings. The van der Waals surface area contributed by atoms with E-state index in [1.807, 2.05) is 0 Å². The Morgan fingerprint density at radius 3 is 2.87 bits per heavy atom. The van der Waals surface area contributed by atoms with Gasteiger partial charge in [-0.15, -0.1) is 0 Å². The van der Waals surface area contributed by atoms with Crippen molar-refractivity contribution in [3.05, 3.63) is 34.6 Å². The summed E-state index contributed by atoms with van der Waals surface area (Å²) >= 11 is 5.65. The van der Waals surface area contributed by atoms with Gasteiger partial charge in [0.15, 0.2) is 0 Å². The molecule has 84 valence electrons. The minimum atomic E-state index is -0.360. The number of ether oxygens (including phenoxy) is 1. The lowest BCUT2D eigenvalue weighted by Gasteiger charge is -2.16. The molecule has 0 amide bonds. The van der Waals surface area contributed by atoms with Crippen molar-refractivity contribution in [3.8, 4) is 0 Å². The van der Waals surface area contributed by atoms with Crippen LogP contribution in [0.2, 0.25) is 5.02 Å². The highest BCUT2D eigenvalue weighted by Crippen LogP contribution is 2.22. The van der Waals surface area contributed by atoms with Crippen LogP contribution in [-0.4, -0.2) is 13.7 Å². The standard InChI is InChI=1S/C10H14ClFN2O/c1-15-5-4-10(14-13)8-3-2-7(11)6-9(8)12/h2-3,6,10,14H,4-5,13H2,1H3. The largest absolute Gasteiger partial charge is 0.385 e. The maximum atomic E-state index is 13.5. The molecule has 1 unspecified atom stereocenters. The predicted octanol–water partition coefficient (Wildman–Crippen LogP) is 2.02. The van der Waals surface area contributed by atoms with Crippen LogP contribution < -0.4 is 11.3 Å². The zero-order valence-corrected chi connectivity index (χ0v) is 9.22. The third-order valence-electron chi connectivity index (χ3n) is 2.15. The van der Waals surface area contributed by atoms with Gasteiger partial charge in [-0.3, -0.25) is 11.3 Å². The molecule has 0 aliphatic heterocycles. The van der Waals surface area contributed by atoms with Gasteiger partial charge in [-0.1, -0.05) is 17.7 Å². The van der Waals surface area contributed by atoms with Gasteiger partial charge in [-0.25, -0.2) is 4.39 Å². The molecule has 5 heteroatoms. The van der Waals surface area contributed by atoms with E-state index in [0.717, 1.165) is 0 Å². The summed E-state index contributed by atoms with van der Waals surface area (Å²) in [4.78, 5) is 0. The van der Waals surface area contributed by atoms with E-state index in [1.165, 1.54) is 6.07 Å². The second-order valence-electron chi connectivity index (χ2n) is 3.17. The first-order valence-electron chi connectivity index (χ1n) is 4.59. The van der Waals surface area contributed by atoms with Crippen LogP contribution in [0.1, 0.15) is 18.0 Å². The van der Waals surface area contributed by atoms with Crippen molar-refractivity contribution in [2.75, 3.05) is 13.7 Å². The summed E-state index contributed by atoms with van der Waals surface area (Å²) in [5.41, 5.74) is 3.05. The number of methoxy groups -OCH3 is 1. The molecule has 0 bridgehead atoms. The predicted molar refractivity (Wildman–Crippen MR) is 58.0 cm³/mol. The quantitative estimate of drug-likeness (QED) is 0.603. The fourth-order valence-electron chi connectivity index (χ4n) is 1.35. The van der Waals surface area contributed by atoms with Gasteiger partial charge in [-0.2, -0.15) is 0 Å². The molecule has 0 aromatic heterocycles. The van der Waals surface area contributed by atoms with E-state index in [-0.39, 0.29) is 11.9 Å². The number of rotatable bonds is 5. The molecule has 0 aliphatic carbocycles. The van der Waals surface area contributed by atoms with Crippen LogP contribution in [0.15, 0.2) is 18.2 Å². The second-order valence-corrected chi connectivity index (χ2v) is 3.60. The van der Waals surface area contributed by atoms with Crippen molar-refractivity contribution < 1.29 is 9.13 Å². The van der Waals surface area contributed by atoms with Crippen molar-refractivity contribution in [3.63, 3.8) is 0 Å². The van der Waals surface area contributed by atoms with Crippen LogP contribution in [0.3, 0.4) is 0 Å². The van der Waals surface area contributed by atoms with Gasteiger partial charge in [0.05, 0.1) is 6.04 Å². The Hall–Kier alpha value is -0.680. The first-order valence-corrected chi connectivity index (χ1v) is 4.97. The van der Waals surface area contributed by atoms with Crippen molar-refractivity contribution in [2.45, 2.75) is 12.5 Å². The first-order chi connectivity index (χ1) is 7.19. The van der Waals surface area contributed by atoms with Gasteiger partial charge in [0.25, 0.3) is 0 Å². The van der Waals surface area contributed by atoms with E-state index >= 15 is 0 Å². The molecule has 0 spiro atoms. The van der Waals surface area contributed by atoms with Crippen molar-refractivity contribution in [2.24, 2.45) is 5.84 Å². The smallest absolute Gasteiger partial charge is 0.129 e. The fourth-order valence-corrected chi connectivity index (χ4v) is 1.51. The lowest BCUT2D eigenvalue weighted by molar-refractivity contribution is 0.182. The molecule has 1 aromatic carbocycles. The Morgan fingerprint density at radius 2 is 2.33 bits per heavy atom. The summed E-state index contributed by atoms with van der Waals surface area (Å²) < 4.78 is 18.4. The summed E-state index contributed by atoms with van der Waals surface area (Å²) in [6, 6.07) is 4.27. The Bertz CT molecular complexity index is 322. The first kappa shape index (κ1) is 12.4. The van der Waals surface area contributed by atoms with Gasteiger partial charge >= 0.3 is 0 Å². The third kappa shape index (κ3) is 3.43. The van der Waals surface area contributed by atoms with Crippen molar-refractivity contribution in [1.29, 1.82) is 0 Å². The molecule has 0 fully saturated rings. The fraction of sp³-hybridized carbons (Fsp3) is 0.400. The molecule has 0 aliphatic rings. The average Bonchev–Trinajstić information content (AvgIpc) is 2.21. The Kier molecular flexibility index (Phi) is 4.98. The number of benzene rings is 1. The van der Waals surface area contributed by atoms with Gasteiger partial charge in [0.1, 0.15) is 5.82 Å². The van der Waals surface area contributed by atoms with Gasteiger partial charge in [-0.05, 0) is 18.6 Å². The highest BCUT2D eigenvalue weighted by molar-refractivity contribution is 6.30. The summed E-state index contributed by atoms with van der Waals surface area (Å²) in [6.45, 7) is 0.511. The molecule has 3 nitrogen and oxygen atoms in total. The molecule has 0 saturated heterocycles. The van der Waals surface area contributed by atoms with Gasteiger partial charge in [0.2, 0.25) is 0 Å². The van der Waals surface area contributed by atoms with Gasteiger partial charge < -0.3 is 4.74 Å². The maximum absolute atomic E-state index is 13.5. The highest BCUT2D eigenvalue weighted by atomic mass is 35.5. The molecule has 0 heterocycles. The SMILES string of the molecule is COCCC(NN)c1ccc(Cl)cc1F. The zero-order chi connectivity index (χ0) is 11.3. The van der Waals surface area contributed by atoms with E-state index in [4.69, 9.17) is 22.2 Å². The van der Waals surface area contributed by atoms with E-state index in [2.05, 4.69) is 5.43 Å². The summed E-state index contributed by atoms with van der Waals surface area (Å²) in [5.74, 6) is 4.99. The molecule has 1 rings (SSSR count). The van der Waals surface area contributed by atoms with Crippen LogP contribution in [0.25, 0.3) is 0 Å². The zero-order valence-electron chi connectivity index (χ0n) is 8.47.